The van der Waals surface area contributed by atoms with E-state index in [1.165, 1.54) is 12.8 Å². The second kappa shape index (κ2) is 7.60. The summed E-state index contributed by atoms with van der Waals surface area (Å²) in [6, 6.07) is 7.49. The van der Waals surface area contributed by atoms with E-state index >= 15 is 0 Å². The molecule has 116 valence electrons. The van der Waals surface area contributed by atoms with E-state index in [0.717, 1.165) is 31.4 Å². The summed E-state index contributed by atoms with van der Waals surface area (Å²) in [5.41, 5.74) is 0.0760. The smallest absolute Gasteiger partial charge is 0.194 e. The van der Waals surface area contributed by atoms with Gasteiger partial charge in [-0.2, -0.15) is 0 Å². The molecule has 3 nitrogen and oxygen atoms in total. The molecule has 1 aliphatic rings. The molecule has 0 atom stereocenters. The SMILES string of the molecule is CCOc1cccc(C(=O)C2(OCC)CCCCCC2)c1. The second-order valence-corrected chi connectivity index (χ2v) is 5.63. The zero-order chi connectivity index (χ0) is 15.1. The Morgan fingerprint density at radius 3 is 2.43 bits per heavy atom. The molecule has 1 aromatic carbocycles. The van der Waals surface area contributed by atoms with Gasteiger partial charge < -0.3 is 9.47 Å². The molecule has 0 saturated heterocycles. The fourth-order valence-corrected chi connectivity index (χ4v) is 3.17. The van der Waals surface area contributed by atoms with Crippen molar-refractivity contribution in [2.75, 3.05) is 13.2 Å². The van der Waals surface area contributed by atoms with E-state index in [9.17, 15) is 4.79 Å². The van der Waals surface area contributed by atoms with Gasteiger partial charge in [0, 0.05) is 12.2 Å². The summed E-state index contributed by atoms with van der Waals surface area (Å²) in [5, 5.41) is 0. The summed E-state index contributed by atoms with van der Waals surface area (Å²) in [5.74, 6) is 0.872. The van der Waals surface area contributed by atoms with E-state index in [-0.39, 0.29) is 5.78 Å². The normalized spacial score (nSPS) is 18.0. The lowest BCUT2D eigenvalue weighted by Gasteiger charge is -2.31. The van der Waals surface area contributed by atoms with Gasteiger partial charge in [-0.3, -0.25) is 4.79 Å². The van der Waals surface area contributed by atoms with Crippen molar-refractivity contribution in [3.05, 3.63) is 29.8 Å². The lowest BCUT2D eigenvalue weighted by Crippen LogP contribution is -2.41. The number of benzene rings is 1. The van der Waals surface area contributed by atoms with Crippen LogP contribution in [0.25, 0.3) is 0 Å². The molecule has 0 aliphatic heterocycles. The number of ether oxygens (including phenoxy) is 2. The van der Waals surface area contributed by atoms with Gasteiger partial charge >= 0.3 is 0 Å². The zero-order valence-corrected chi connectivity index (χ0v) is 13.2. The monoisotopic (exact) mass is 290 g/mol. The number of carbonyl (C=O) groups is 1. The van der Waals surface area contributed by atoms with Gasteiger partial charge in [-0.05, 0) is 38.8 Å². The van der Waals surface area contributed by atoms with E-state index in [1.54, 1.807) is 0 Å². The number of hydrogen-bond acceptors (Lipinski definition) is 3. The molecular weight excluding hydrogens is 264 g/mol. The van der Waals surface area contributed by atoms with Crippen LogP contribution in [0.5, 0.6) is 5.75 Å². The number of ketones is 1. The fourth-order valence-electron chi connectivity index (χ4n) is 3.17. The van der Waals surface area contributed by atoms with Gasteiger partial charge in [0.05, 0.1) is 6.61 Å². The number of carbonyl (C=O) groups excluding carboxylic acids is 1. The molecule has 1 saturated carbocycles. The van der Waals surface area contributed by atoms with Crippen LogP contribution in [0.4, 0.5) is 0 Å². The summed E-state index contributed by atoms with van der Waals surface area (Å²) < 4.78 is 11.5. The van der Waals surface area contributed by atoms with Gasteiger partial charge in [0.15, 0.2) is 5.78 Å². The maximum atomic E-state index is 13.0. The summed E-state index contributed by atoms with van der Waals surface area (Å²) in [6.07, 6.45) is 6.19. The molecule has 21 heavy (non-hydrogen) atoms. The Balaban J connectivity index is 2.26. The third-order valence-corrected chi connectivity index (χ3v) is 4.15. The first-order chi connectivity index (χ1) is 10.2. The maximum absolute atomic E-state index is 13.0. The quantitative estimate of drug-likeness (QED) is 0.575. The fraction of sp³-hybridized carbons (Fsp3) is 0.611. The minimum Gasteiger partial charge on any atom is -0.494 e. The van der Waals surface area contributed by atoms with Crippen LogP contribution in [0.2, 0.25) is 0 Å². The van der Waals surface area contributed by atoms with E-state index in [0.29, 0.717) is 18.8 Å². The van der Waals surface area contributed by atoms with Gasteiger partial charge in [-0.25, -0.2) is 0 Å². The van der Waals surface area contributed by atoms with Crippen LogP contribution in [0.3, 0.4) is 0 Å². The lowest BCUT2D eigenvalue weighted by atomic mass is 9.85. The third-order valence-electron chi connectivity index (χ3n) is 4.15. The largest absolute Gasteiger partial charge is 0.494 e. The molecule has 0 spiro atoms. The number of rotatable bonds is 6. The number of Topliss-reactive ketones (excluding diaryl/α,β-unsaturated/α-hetero) is 1. The van der Waals surface area contributed by atoms with Crippen molar-refractivity contribution in [3.8, 4) is 5.75 Å². The molecule has 0 aromatic heterocycles. The van der Waals surface area contributed by atoms with Crippen LogP contribution in [0.1, 0.15) is 62.7 Å². The van der Waals surface area contributed by atoms with Gasteiger partial charge in [0.1, 0.15) is 11.4 Å². The van der Waals surface area contributed by atoms with E-state index in [4.69, 9.17) is 9.47 Å². The molecule has 0 amide bonds. The Morgan fingerprint density at radius 1 is 1.10 bits per heavy atom. The highest BCUT2D eigenvalue weighted by Gasteiger charge is 2.39. The molecular formula is C18H26O3. The van der Waals surface area contributed by atoms with Crippen molar-refractivity contribution < 1.29 is 14.3 Å². The molecule has 2 rings (SSSR count). The molecule has 0 bridgehead atoms. The maximum Gasteiger partial charge on any atom is 0.194 e. The van der Waals surface area contributed by atoms with Crippen molar-refractivity contribution in [1.82, 2.24) is 0 Å². The molecule has 1 fully saturated rings. The van der Waals surface area contributed by atoms with Crippen molar-refractivity contribution >= 4 is 5.78 Å². The Kier molecular flexibility index (Phi) is 5.80. The highest BCUT2D eigenvalue weighted by molar-refractivity contribution is 6.02. The third kappa shape index (κ3) is 3.85. The van der Waals surface area contributed by atoms with Crippen LogP contribution < -0.4 is 4.74 Å². The summed E-state index contributed by atoms with van der Waals surface area (Å²) in [4.78, 5) is 13.0. The predicted octanol–water partition coefficient (Wildman–Crippen LogP) is 4.40. The molecule has 1 aliphatic carbocycles. The van der Waals surface area contributed by atoms with Crippen LogP contribution in [0.15, 0.2) is 24.3 Å². The first-order valence-electron chi connectivity index (χ1n) is 8.13. The molecule has 0 N–H and O–H groups in total. The first kappa shape index (κ1) is 16.0. The summed E-state index contributed by atoms with van der Waals surface area (Å²) in [7, 11) is 0. The Bertz CT molecular complexity index is 459. The molecule has 0 heterocycles. The second-order valence-electron chi connectivity index (χ2n) is 5.63. The molecule has 0 radical (unpaired) electrons. The van der Waals surface area contributed by atoms with Gasteiger partial charge in [0.25, 0.3) is 0 Å². The lowest BCUT2D eigenvalue weighted by molar-refractivity contribution is -0.0292. The minimum atomic E-state index is -0.629. The minimum absolute atomic E-state index is 0.118. The van der Waals surface area contributed by atoms with Gasteiger partial charge in [-0.15, -0.1) is 0 Å². The summed E-state index contributed by atoms with van der Waals surface area (Å²) >= 11 is 0. The summed E-state index contributed by atoms with van der Waals surface area (Å²) in [6.45, 7) is 5.10. The van der Waals surface area contributed by atoms with Crippen LogP contribution in [-0.2, 0) is 4.74 Å². The van der Waals surface area contributed by atoms with Crippen molar-refractivity contribution in [2.24, 2.45) is 0 Å². The predicted molar refractivity (Wildman–Crippen MR) is 84.0 cm³/mol. The molecule has 1 aromatic rings. The van der Waals surface area contributed by atoms with Crippen LogP contribution in [-0.4, -0.2) is 24.6 Å². The highest BCUT2D eigenvalue weighted by Crippen LogP contribution is 2.34. The molecule has 3 heteroatoms. The van der Waals surface area contributed by atoms with E-state index in [1.807, 2.05) is 38.1 Å². The van der Waals surface area contributed by atoms with Crippen LogP contribution in [0, 0.1) is 0 Å². The average molecular weight is 290 g/mol. The zero-order valence-electron chi connectivity index (χ0n) is 13.2. The van der Waals surface area contributed by atoms with Crippen LogP contribution >= 0.6 is 0 Å². The Morgan fingerprint density at radius 2 is 1.81 bits per heavy atom. The Labute approximate surface area is 127 Å². The van der Waals surface area contributed by atoms with Gasteiger partial charge in [-0.1, -0.05) is 37.8 Å². The van der Waals surface area contributed by atoms with Crippen molar-refractivity contribution in [1.29, 1.82) is 0 Å². The van der Waals surface area contributed by atoms with E-state index in [2.05, 4.69) is 0 Å². The molecule has 0 unspecified atom stereocenters. The van der Waals surface area contributed by atoms with Crippen molar-refractivity contribution in [2.45, 2.75) is 58.0 Å². The Hall–Kier alpha value is -1.35. The van der Waals surface area contributed by atoms with E-state index < -0.39 is 5.60 Å². The topological polar surface area (TPSA) is 35.5 Å². The highest BCUT2D eigenvalue weighted by atomic mass is 16.5. The standard InChI is InChI=1S/C18H26O3/c1-3-20-16-11-9-10-15(14-16)17(19)18(21-4-2)12-7-5-6-8-13-18/h9-11,14H,3-8,12-13H2,1-2H3. The van der Waals surface area contributed by atoms with Crippen molar-refractivity contribution in [3.63, 3.8) is 0 Å². The van der Waals surface area contributed by atoms with Gasteiger partial charge in [0.2, 0.25) is 0 Å². The average Bonchev–Trinajstić information content (AvgIpc) is 2.74. The first-order valence-corrected chi connectivity index (χ1v) is 8.13. The number of hydrogen-bond donors (Lipinski definition) is 0.